The molecule has 3 aromatic rings. The molecule has 0 spiro atoms. The number of benzene rings is 1. The van der Waals surface area contributed by atoms with Crippen LogP contribution in [0.15, 0.2) is 30.5 Å². The number of fused-ring (bicyclic) bond motifs is 2. The Bertz CT molecular complexity index is 1020. The van der Waals surface area contributed by atoms with Gasteiger partial charge in [0.15, 0.2) is 5.69 Å². The molecular weight excluding hydrogens is 344 g/mol. The van der Waals surface area contributed by atoms with E-state index in [2.05, 4.69) is 16.1 Å². The van der Waals surface area contributed by atoms with Crippen molar-refractivity contribution >= 4 is 22.8 Å². The average Bonchev–Trinajstić information content (AvgIpc) is 3.23. The van der Waals surface area contributed by atoms with Gasteiger partial charge in [0.05, 0.1) is 0 Å². The number of carboxylic acids is 1. The first kappa shape index (κ1) is 17.3. The van der Waals surface area contributed by atoms with E-state index < -0.39 is 5.97 Å². The lowest BCUT2D eigenvalue weighted by atomic mass is 10.0. The lowest BCUT2D eigenvalue weighted by Crippen LogP contribution is -2.36. The maximum atomic E-state index is 12.6. The maximum Gasteiger partial charge on any atom is 0.356 e. The molecule has 3 heterocycles. The van der Waals surface area contributed by atoms with E-state index in [1.165, 1.54) is 10.9 Å². The fourth-order valence-electron chi connectivity index (χ4n) is 3.90. The second kappa shape index (κ2) is 6.90. The molecule has 0 unspecified atom stereocenters. The van der Waals surface area contributed by atoms with Crippen molar-refractivity contribution in [1.29, 1.82) is 0 Å². The fraction of sp³-hybridized carbons (Fsp3) is 0.350. The molecule has 0 radical (unpaired) electrons. The molecule has 1 aromatic carbocycles. The molecule has 0 saturated carbocycles. The molecular formula is C20H22N4O3. The number of aromatic carboxylic acids is 1. The highest BCUT2D eigenvalue weighted by Crippen LogP contribution is 2.24. The molecule has 7 nitrogen and oxygen atoms in total. The zero-order chi connectivity index (χ0) is 19.0. The number of carbonyl (C=O) groups excluding carboxylic acids is 1. The SMILES string of the molecule is Cn1nc(C(=O)O)c2c1CCN(C(=O)CCCc1c[nH]c3ccccc13)C2. The molecule has 1 aliphatic heterocycles. The number of aromatic amines is 1. The molecule has 0 aliphatic carbocycles. The minimum Gasteiger partial charge on any atom is -0.476 e. The van der Waals surface area contributed by atoms with E-state index in [1.807, 2.05) is 24.4 Å². The predicted molar refractivity (Wildman–Crippen MR) is 101 cm³/mol. The van der Waals surface area contributed by atoms with Gasteiger partial charge in [0, 0.05) is 61.3 Å². The zero-order valence-electron chi connectivity index (χ0n) is 15.2. The first-order valence-corrected chi connectivity index (χ1v) is 9.15. The van der Waals surface area contributed by atoms with Crippen LogP contribution < -0.4 is 0 Å². The number of H-pyrrole nitrogens is 1. The number of hydrogen-bond donors (Lipinski definition) is 2. The van der Waals surface area contributed by atoms with Gasteiger partial charge < -0.3 is 15.0 Å². The summed E-state index contributed by atoms with van der Waals surface area (Å²) in [6.45, 7) is 0.939. The van der Waals surface area contributed by atoms with Crippen LogP contribution in [0, 0.1) is 0 Å². The highest BCUT2D eigenvalue weighted by Gasteiger charge is 2.28. The van der Waals surface area contributed by atoms with E-state index in [0.717, 1.165) is 24.1 Å². The Hall–Kier alpha value is -3.09. The number of nitrogens with one attached hydrogen (secondary N) is 1. The number of carboxylic acid groups (broad SMARTS) is 1. The van der Waals surface area contributed by atoms with Gasteiger partial charge in [-0.1, -0.05) is 18.2 Å². The Labute approximate surface area is 156 Å². The van der Waals surface area contributed by atoms with Crippen molar-refractivity contribution in [2.45, 2.75) is 32.2 Å². The second-order valence-electron chi connectivity index (χ2n) is 6.98. The molecule has 0 saturated heterocycles. The number of rotatable bonds is 5. The Kier molecular flexibility index (Phi) is 4.43. The van der Waals surface area contributed by atoms with Crippen LogP contribution in [0.5, 0.6) is 0 Å². The van der Waals surface area contributed by atoms with Crippen molar-refractivity contribution in [3.05, 3.63) is 53.0 Å². The molecule has 1 amide bonds. The van der Waals surface area contributed by atoms with Crippen LogP contribution >= 0.6 is 0 Å². The van der Waals surface area contributed by atoms with Crippen LogP contribution in [0.25, 0.3) is 10.9 Å². The summed E-state index contributed by atoms with van der Waals surface area (Å²) < 4.78 is 1.62. The van der Waals surface area contributed by atoms with Crippen molar-refractivity contribution in [3.8, 4) is 0 Å². The number of nitrogens with zero attached hydrogens (tertiary/aromatic N) is 3. The van der Waals surface area contributed by atoms with Gasteiger partial charge in [-0.15, -0.1) is 0 Å². The standard InChI is InChI=1S/C20H22N4O3/c1-23-17-9-10-24(12-15(17)19(22-23)20(26)27)18(25)8-4-5-13-11-21-16-7-3-2-6-14(13)16/h2-3,6-7,11,21H,4-5,8-10,12H2,1H3,(H,26,27). The lowest BCUT2D eigenvalue weighted by molar-refractivity contribution is -0.132. The van der Waals surface area contributed by atoms with Crippen molar-refractivity contribution in [1.82, 2.24) is 19.7 Å². The molecule has 0 atom stereocenters. The minimum absolute atomic E-state index is 0.0591. The third kappa shape index (κ3) is 3.20. The maximum absolute atomic E-state index is 12.6. The number of para-hydroxylation sites is 1. The minimum atomic E-state index is -1.04. The van der Waals surface area contributed by atoms with E-state index in [-0.39, 0.29) is 11.6 Å². The number of aromatic nitrogens is 3. The van der Waals surface area contributed by atoms with Gasteiger partial charge in [0.2, 0.25) is 5.91 Å². The van der Waals surface area contributed by atoms with E-state index in [1.54, 1.807) is 16.6 Å². The summed E-state index contributed by atoms with van der Waals surface area (Å²) in [5.41, 5.74) is 3.97. The Balaban J connectivity index is 1.39. The quantitative estimate of drug-likeness (QED) is 0.726. The summed E-state index contributed by atoms with van der Waals surface area (Å²) in [6.07, 6.45) is 4.71. The van der Waals surface area contributed by atoms with Gasteiger partial charge in [-0.25, -0.2) is 4.79 Å². The van der Waals surface area contributed by atoms with Gasteiger partial charge in [-0.2, -0.15) is 5.10 Å². The van der Waals surface area contributed by atoms with Crippen LogP contribution in [-0.2, 0) is 31.2 Å². The number of amides is 1. The van der Waals surface area contributed by atoms with E-state index in [9.17, 15) is 14.7 Å². The number of carbonyl (C=O) groups is 2. The van der Waals surface area contributed by atoms with Gasteiger partial charge in [-0.3, -0.25) is 9.48 Å². The third-order valence-electron chi connectivity index (χ3n) is 5.31. The number of aryl methyl sites for hydroxylation is 2. The lowest BCUT2D eigenvalue weighted by Gasteiger charge is -2.27. The summed E-state index contributed by atoms with van der Waals surface area (Å²) in [5.74, 6) is -0.971. The molecule has 2 aromatic heterocycles. The highest BCUT2D eigenvalue weighted by molar-refractivity contribution is 5.88. The second-order valence-corrected chi connectivity index (χ2v) is 6.98. The summed E-state index contributed by atoms with van der Waals surface area (Å²) in [7, 11) is 1.75. The third-order valence-corrected chi connectivity index (χ3v) is 5.31. The van der Waals surface area contributed by atoms with Crippen LogP contribution in [0.4, 0.5) is 0 Å². The smallest absolute Gasteiger partial charge is 0.356 e. The first-order valence-electron chi connectivity index (χ1n) is 9.15. The van der Waals surface area contributed by atoms with E-state index >= 15 is 0 Å². The van der Waals surface area contributed by atoms with Gasteiger partial charge >= 0.3 is 5.97 Å². The van der Waals surface area contributed by atoms with Gasteiger partial charge in [0.1, 0.15) is 0 Å². The zero-order valence-corrected chi connectivity index (χ0v) is 15.2. The number of hydrogen-bond acceptors (Lipinski definition) is 3. The highest BCUT2D eigenvalue weighted by atomic mass is 16.4. The largest absolute Gasteiger partial charge is 0.476 e. The normalized spacial score (nSPS) is 13.7. The monoisotopic (exact) mass is 366 g/mol. The first-order chi connectivity index (χ1) is 13.0. The van der Waals surface area contributed by atoms with Crippen molar-refractivity contribution < 1.29 is 14.7 Å². The Morgan fingerprint density at radius 2 is 2.11 bits per heavy atom. The van der Waals surface area contributed by atoms with E-state index in [0.29, 0.717) is 31.5 Å². The molecule has 2 N–H and O–H groups in total. The van der Waals surface area contributed by atoms with Crippen molar-refractivity contribution in [3.63, 3.8) is 0 Å². The van der Waals surface area contributed by atoms with Crippen LogP contribution in [0.1, 0.15) is 40.2 Å². The molecule has 27 heavy (non-hydrogen) atoms. The van der Waals surface area contributed by atoms with Crippen molar-refractivity contribution in [2.24, 2.45) is 7.05 Å². The van der Waals surface area contributed by atoms with Gasteiger partial charge in [0.25, 0.3) is 0 Å². The summed E-state index contributed by atoms with van der Waals surface area (Å²) >= 11 is 0. The molecule has 0 fully saturated rings. The summed E-state index contributed by atoms with van der Waals surface area (Å²) in [6, 6.07) is 8.15. The Morgan fingerprint density at radius 1 is 1.30 bits per heavy atom. The van der Waals surface area contributed by atoms with Crippen LogP contribution in [-0.4, -0.2) is 43.2 Å². The van der Waals surface area contributed by atoms with Crippen molar-refractivity contribution in [2.75, 3.05) is 6.54 Å². The van der Waals surface area contributed by atoms with Gasteiger partial charge in [-0.05, 0) is 24.5 Å². The van der Waals surface area contributed by atoms with E-state index in [4.69, 9.17) is 0 Å². The van der Waals surface area contributed by atoms with Crippen LogP contribution in [0.3, 0.4) is 0 Å². The summed E-state index contributed by atoms with van der Waals surface area (Å²) in [5, 5.41) is 14.6. The van der Waals surface area contributed by atoms with Crippen LogP contribution in [0.2, 0.25) is 0 Å². The molecule has 4 rings (SSSR count). The molecule has 7 heteroatoms. The topological polar surface area (TPSA) is 91.2 Å². The predicted octanol–water partition coefficient (Wildman–Crippen LogP) is 2.51. The molecule has 0 bridgehead atoms. The fourth-order valence-corrected chi connectivity index (χ4v) is 3.90. The average molecular weight is 366 g/mol. The molecule has 1 aliphatic rings. The Morgan fingerprint density at radius 3 is 2.93 bits per heavy atom. The summed E-state index contributed by atoms with van der Waals surface area (Å²) in [4.78, 5) is 29.0. The molecule has 140 valence electrons.